The van der Waals surface area contributed by atoms with E-state index in [-0.39, 0.29) is 5.15 Å². The first-order valence-corrected chi connectivity index (χ1v) is 6.12. The van der Waals surface area contributed by atoms with Crippen LogP contribution < -0.4 is 0 Å². The summed E-state index contributed by atoms with van der Waals surface area (Å²) in [5.74, 6) is 0. The number of fused-ring (bicyclic) bond motifs is 1. The van der Waals surface area contributed by atoms with Gasteiger partial charge >= 0.3 is 0 Å². The molecule has 92 valence electrons. The number of aldehydes is 1. The fourth-order valence-corrected chi connectivity index (χ4v) is 2.22. The average Bonchev–Trinajstić information content (AvgIpc) is 2.46. The SMILES string of the molecule is O=Cc1c(Cl)ncnc1-c1ccc2ccccc2c1. The van der Waals surface area contributed by atoms with Gasteiger partial charge in [0.2, 0.25) is 0 Å². The number of aromatic nitrogens is 2. The molecule has 0 aliphatic heterocycles. The van der Waals surface area contributed by atoms with Gasteiger partial charge in [-0.15, -0.1) is 0 Å². The Morgan fingerprint density at radius 1 is 1.00 bits per heavy atom. The van der Waals surface area contributed by atoms with Crippen LogP contribution in [0.2, 0.25) is 5.15 Å². The van der Waals surface area contributed by atoms with Crippen molar-refractivity contribution >= 4 is 28.7 Å². The predicted octanol–water partition coefficient (Wildman–Crippen LogP) is 3.76. The second kappa shape index (κ2) is 4.78. The van der Waals surface area contributed by atoms with Gasteiger partial charge in [-0.1, -0.05) is 48.0 Å². The Balaban J connectivity index is 2.24. The lowest BCUT2D eigenvalue weighted by Crippen LogP contribution is -1.95. The molecule has 0 aliphatic carbocycles. The summed E-state index contributed by atoms with van der Waals surface area (Å²) in [4.78, 5) is 19.1. The summed E-state index contributed by atoms with van der Waals surface area (Å²) in [6.07, 6.45) is 2.05. The van der Waals surface area contributed by atoms with Crippen LogP contribution >= 0.6 is 11.6 Å². The monoisotopic (exact) mass is 268 g/mol. The number of halogens is 1. The van der Waals surface area contributed by atoms with Gasteiger partial charge in [0.25, 0.3) is 0 Å². The van der Waals surface area contributed by atoms with E-state index in [2.05, 4.69) is 9.97 Å². The van der Waals surface area contributed by atoms with E-state index < -0.39 is 0 Å². The van der Waals surface area contributed by atoms with E-state index in [9.17, 15) is 4.79 Å². The molecule has 0 aliphatic rings. The van der Waals surface area contributed by atoms with Gasteiger partial charge in [0.15, 0.2) is 6.29 Å². The van der Waals surface area contributed by atoms with Crippen LogP contribution in [-0.4, -0.2) is 16.3 Å². The van der Waals surface area contributed by atoms with Gasteiger partial charge in [-0.05, 0) is 16.8 Å². The zero-order valence-electron chi connectivity index (χ0n) is 9.88. The van der Waals surface area contributed by atoms with Gasteiger partial charge in [0.05, 0.1) is 11.3 Å². The molecule has 0 spiro atoms. The molecule has 2 aromatic carbocycles. The van der Waals surface area contributed by atoms with Crippen LogP contribution in [0, 0.1) is 0 Å². The lowest BCUT2D eigenvalue weighted by molar-refractivity contribution is 0.112. The number of carbonyl (C=O) groups excluding carboxylic acids is 1. The molecule has 0 N–H and O–H groups in total. The van der Waals surface area contributed by atoms with E-state index in [1.807, 2.05) is 42.5 Å². The molecule has 4 heteroatoms. The van der Waals surface area contributed by atoms with Crippen molar-refractivity contribution in [2.75, 3.05) is 0 Å². The highest BCUT2D eigenvalue weighted by molar-refractivity contribution is 6.32. The lowest BCUT2D eigenvalue weighted by Gasteiger charge is -2.06. The van der Waals surface area contributed by atoms with Crippen molar-refractivity contribution in [3.63, 3.8) is 0 Å². The number of rotatable bonds is 2. The van der Waals surface area contributed by atoms with Crippen LogP contribution in [0.5, 0.6) is 0 Å². The third kappa shape index (κ3) is 2.09. The van der Waals surface area contributed by atoms with Crippen molar-refractivity contribution in [1.82, 2.24) is 9.97 Å². The van der Waals surface area contributed by atoms with E-state index in [1.165, 1.54) is 6.33 Å². The van der Waals surface area contributed by atoms with Gasteiger partial charge in [-0.25, -0.2) is 9.97 Å². The summed E-state index contributed by atoms with van der Waals surface area (Å²) < 4.78 is 0. The fourth-order valence-electron chi connectivity index (χ4n) is 2.05. The number of benzene rings is 2. The largest absolute Gasteiger partial charge is 0.298 e. The Labute approximate surface area is 114 Å². The highest BCUT2D eigenvalue weighted by Gasteiger charge is 2.11. The standard InChI is InChI=1S/C15H9ClN2O/c16-15-13(8-19)14(17-9-18-15)12-6-5-10-3-1-2-4-11(10)7-12/h1-9H. The Kier molecular flexibility index (Phi) is 2.97. The average molecular weight is 269 g/mol. The molecule has 3 aromatic rings. The highest BCUT2D eigenvalue weighted by Crippen LogP contribution is 2.27. The summed E-state index contributed by atoms with van der Waals surface area (Å²) >= 11 is 5.92. The van der Waals surface area contributed by atoms with Crippen LogP contribution in [0.15, 0.2) is 48.8 Å². The maximum absolute atomic E-state index is 11.1. The first-order valence-electron chi connectivity index (χ1n) is 5.74. The minimum Gasteiger partial charge on any atom is -0.298 e. The molecular weight excluding hydrogens is 260 g/mol. The number of hydrogen-bond donors (Lipinski definition) is 0. The summed E-state index contributed by atoms with van der Waals surface area (Å²) in [5.41, 5.74) is 1.73. The first kappa shape index (κ1) is 11.8. The summed E-state index contributed by atoms with van der Waals surface area (Å²) in [5, 5.41) is 2.40. The Hall–Kier alpha value is -2.26. The molecule has 3 nitrogen and oxygen atoms in total. The summed E-state index contributed by atoms with van der Waals surface area (Å²) in [7, 11) is 0. The van der Waals surface area contributed by atoms with Gasteiger partial charge in [-0.3, -0.25) is 4.79 Å². The minimum atomic E-state index is 0.174. The van der Waals surface area contributed by atoms with Gasteiger partial charge in [-0.2, -0.15) is 0 Å². The van der Waals surface area contributed by atoms with Gasteiger partial charge < -0.3 is 0 Å². The summed E-state index contributed by atoms with van der Waals surface area (Å²) in [6, 6.07) is 13.9. The minimum absolute atomic E-state index is 0.174. The number of hydrogen-bond acceptors (Lipinski definition) is 3. The normalized spacial score (nSPS) is 10.6. The van der Waals surface area contributed by atoms with Crippen LogP contribution in [0.1, 0.15) is 10.4 Å². The summed E-state index contributed by atoms with van der Waals surface area (Å²) in [6.45, 7) is 0. The van der Waals surface area contributed by atoms with Crippen LogP contribution in [-0.2, 0) is 0 Å². The van der Waals surface area contributed by atoms with E-state index in [4.69, 9.17) is 11.6 Å². The van der Waals surface area contributed by atoms with Gasteiger partial charge in [0, 0.05) is 5.56 Å². The predicted molar refractivity (Wildman–Crippen MR) is 75.4 cm³/mol. The maximum atomic E-state index is 11.1. The molecular formula is C15H9ClN2O. The van der Waals surface area contributed by atoms with Crippen molar-refractivity contribution in [1.29, 1.82) is 0 Å². The van der Waals surface area contributed by atoms with Crippen molar-refractivity contribution in [3.8, 4) is 11.3 Å². The molecule has 3 rings (SSSR count). The first-order chi connectivity index (χ1) is 9.29. The molecule has 0 fully saturated rings. The molecule has 0 saturated heterocycles. The molecule has 0 unspecified atom stereocenters. The second-order valence-electron chi connectivity index (χ2n) is 4.11. The molecule has 0 radical (unpaired) electrons. The molecule has 1 heterocycles. The van der Waals surface area contributed by atoms with Crippen molar-refractivity contribution in [2.45, 2.75) is 0 Å². The quantitative estimate of drug-likeness (QED) is 0.525. The third-order valence-corrected chi connectivity index (χ3v) is 3.28. The van der Waals surface area contributed by atoms with Crippen LogP contribution in [0.4, 0.5) is 0 Å². The number of nitrogens with zero attached hydrogens (tertiary/aromatic N) is 2. The van der Waals surface area contributed by atoms with E-state index in [0.717, 1.165) is 16.3 Å². The van der Waals surface area contributed by atoms with Crippen LogP contribution in [0.25, 0.3) is 22.0 Å². The van der Waals surface area contributed by atoms with Crippen molar-refractivity contribution < 1.29 is 4.79 Å². The fraction of sp³-hybridized carbons (Fsp3) is 0. The molecule has 0 saturated carbocycles. The Bertz CT molecular complexity index is 771. The van der Waals surface area contributed by atoms with E-state index in [1.54, 1.807) is 0 Å². The van der Waals surface area contributed by atoms with E-state index >= 15 is 0 Å². The zero-order valence-corrected chi connectivity index (χ0v) is 10.6. The molecule has 19 heavy (non-hydrogen) atoms. The molecule has 0 amide bonds. The topological polar surface area (TPSA) is 42.9 Å². The van der Waals surface area contributed by atoms with E-state index in [0.29, 0.717) is 17.5 Å². The molecule has 1 aromatic heterocycles. The smallest absolute Gasteiger partial charge is 0.155 e. The Morgan fingerprint density at radius 2 is 1.79 bits per heavy atom. The molecule has 0 atom stereocenters. The molecule has 0 bridgehead atoms. The second-order valence-corrected chi connectivity index (χ2v) is 4.46. The van der Waals surface area contributed by atoms with Crippen molar-refractivity contribution in [2.24, 2.45) is 0 Å². The Morgan fingerprint density at radius 3 is 2.58 bits per heavy atom. The van der Waals surface area contributed by atoms with Gasteiger partial charge in [0.1, 0.15) is 11.5 Å². The number of carbonyl (C=O) groups is 1. The zero-order chi connectivity index (χ0) is 13.2. The van der Waals surface area contributed by atoms with Crippen molar-refractivity contribution in [3.05, 3.63) is 59.5 Å². The highest BCUT2D eigenvalue weighted by atomic mass is 35.5. The lowest BCUT2D eigenvalue weighted by atomic mass is 10.0. The third-order valence-electron chi connectivity index (χ3n) is 2.98. The maximum Gasteiger partial charge on any atom is 0.155 e. The van der Waals surface area contributed by atoms with Crippen LogP contribution in [0.3, 0.4) is 0 Å².